The van der Waals surface area contributed by atoms with Crippen LogP contribution in [-0.2, 0) is 4.74 Å². The Balaban J connectivity index is 2.41. The first-order chi connectivity index (χ1) is 7.73. The summed E-state index contributed by atoms with van der Waals surface area (Å²) < 4.78 is 5.20. The van der Waals surface area contributed by atoms with Crippen molar-refractivity contribution in [1.82, 2.24) is 5.32 Å². The number of ether oxygens (including phenoxy) is 1. The summed E-state index contributed by atoms with van der Waals surface area (Å²) in [6.07, 6.45) is 4.14. The molecule has 0 aromatic heterocycles. The molecular weight excluding hydrogens is 216 g/mol. The second-order valence-electron chi connectivity index (χ2n) is 6.24. The summed E-state index contributed by atoms with van der Waals surface area (Å²) in [6.45, 7) is 8.23. The van der Waals surface area contributed by atoms with Crippen molar-refractivity contribution in [1.29, 1.82) is 0 Å². The normalized spacial score (nSPS) is 29.8. The van der Waals surface area contributed by atoms with E-state index in [2.05, 4.69) is 12.2 Å². The molecule has 0 aromatic rings. The molecule has 0 aromatic carbocycles. The van der Waals surface area contributed by atoms with Crippen molar-refractivity contribution in [3.8, 4) is 0 Å². The molecule has 4 nitrogen and oxygen atoms in total. The zero-order valence-corrected chi connectivity index (χ0v) is 11.5. The summed E-state index contributed by atoms with van der Waals surface area (Å²) in [6, 6.07) is 0. The van der Waals surface area contributed by atoms with Crippen LogP contribution >= 0.6 is 0 Å². The highest BCUT2D eigenvalue weighted by Gasteiger charge is 2.34. The van der Waals surface area contributed by atoms with E-state index in [4.69, 9.17) is 10.5 Å². The lowest BCUT2D eigenvalue weighted by Gasteiger charge is -2.39. The monoisotopic (exact) mass is 242 g/mol. The Kier molecular flexibility index (Phi) is 4.42. The van der Waals surface area contributed by atoms with Crippen molar-refractivity contribution in [2.24, 2.45) is 11.7 Å². The minimum atomic E-state index is -0.454. The lowest BCUT2D eigenvalue weighted by molar-refractivity contribution is 0.0497. The second-order valence-corrected chi connectivity index (χ2v) is 6.24. The van der Waals surface area contributed by atoms with Crippen LogP contribution in [0.15, 0.2) is 0 Å². The molecule has 0 bridgehead atoms. The SMILES string of the molecule is C[C@@H]1CCCC[C@@]1(N)CNC(=O)OC(C)(C)C. The molecular formula is C13H26N2O2. The van der Waals surface area contributed by atoms with Gasteiger partial charge in [0.05, 0.1) is 0 Å². The number of hydrogen-bond acceptors (Lipinski definition) is 3. The average Bonchev–Trinajstić information content (AvgIpc) is 2.18. The summed E-state index contributed by atoms with van der Waals surface area (Å²) in [5.41, 5.74) is 5.62. The molecule has 0 heterocycles. The van der Waals surface area contributed by atoms with Gasteiger partial charge in [-0.2, -0.15) is 0 Å². The van der Waals surface area contributed by atoms with E-state index in [1.54, 1.807) is 0 Å². The Morgan fingerprint density at radius 1 is 1.47 bits per heavy atom. The zero-order valence-electron chi connectivity index (χ0n) is 11.5. The molecule has 17 heavy (non-hydrogen) atoms. The molecule has 1 aliphatic carbocycles. The van der Waals surface area contributed by atoms with Crippen LogP contribution in [0.3, 0.4) is 0 Å². The predicted molar refractivity (Wildman–Crippen MR) is 68.8 cm³/mol. The van der Waals surface area contributed by atoms with Gasteiger partial charge in [-0.1, -0.05) is 19.8 Å². The summed E-state index contributed by atoms with van der Waals surface area (Å²) >= 11 is 0. The van der Waals surface area contributed by atoms with Crippen molar-refractivity contribution in [3.63, 3.8) is 0 Å². The molecule has 1 rings (SSSR count). The molecule has 0 saturated heterocycles. The third kappa shape index (κ3) is 4.54. The fourth-order valence-corrected chi connectivity index (χ4v) is 2.25. The predicted octanol–water partition coefficient (Wildman–Crippen LogP) is 2.42. The number of hydrogen-bond donors (Lipinski definition) is 2. The molecule has 4 heteroatoms. The maximum atomic E-state index is 11.6. The number of carbonyl (C=O) groups excluding carboxylic acids is 1. The highest BCUT2D eigenvalue weighted by Crippen LogP contribution is 2.30. The Bertz CT molecular complexity index is 273. The van der Waals surface area contributed by atoms with Crippen LogP contribution in [0.1, 0.15) is 53.4 Å². The van der Waals surface area contributed by atoms with Crippen LogP contribution in [0.5, 0.6) is 0 Å². The van der Waals surface area contributed by atoms with Crippen LogP contribution < -0.4 is 11.1 Å². The maximum Gasteiger partial charge on any atom is 0.407 e. The molecule has 2 atom stereocenters. The third-order valence-electron chi connectivity index (χ3n) is 3.47. The van der Waals surface area contributed by atoms with Gasteiger partial charge in [-0.05, 0) is 39.5 Å². The minimum Gasteiger partial charge on any atom is -0.444 e. The molecule has 0 aliphatic heterocycles. The van der Waals surface area contributed by atoms with E-state index >= 15 is 0 Å². The summed E-state index contributed by atoms with van der Waals surface area (Å²) in [5, 5.41) is 2.79. The topological polar surface area (TPSA) is 64.3 Å². The van der Waals surface area contributed by atoms with Gasteiger partial charge in [-0.3, -0.25) is 0 Å². The van der Waals surface area contributed by atoms with Crippen LogP contribution in [0.2, 0.25) is 0 Å². The molecule has 1 saturated carbocycles. The molecule has 1 fully saturated rings. The molecule has 0 unspecified atom stereocenters. The zero-order chi connectivity index (χ0) is 13.1. The number of nitrogens with two attached hydrogens (primary N) is 1. The Morgan fingerprint density at radius 3 is 2.65 bits per heavy atom. The highest BCUT2D eigenvalue weighted by atomic mass is 16.6. The lowest BCUT2D eigenvalue weighted by Crippen LogP contribution is -2.56. The molecule has 1 aliphatic rings. The fraction of sp³-hybridized carbons (Fsp3) is 0.923. The first-order valence-electron chi connectivity index (χ1n) is 6.49. The summed E-state index contributed by atoms with van der Waals surface area (Å²) in [5.74, 6) is 0.450. The van der Waals surface area contributed by atoms with Crippen molar-refractivity contribution in [3.05, 3.63) is 0 Å². The van der Waals surface area contributed by atoms with Crippen molar-refractivity contribution >= 4 is 6.09 Å². The van der Waals surface area contributed by atoms with Crippen LogP contribution in [0.4, 0.5) is 4.79 Å². The smallest absolute Gasteiger partial charge is 0.407 e. The van der Waals surface area contributed by atoms with Gasteiger partial charge in [0.25, 0.3) is 0 Å². The summed E-state index contributed by atoms with van der Waals surface area (Å²) in [7, 11) is 0. The Hall–Kier alpha value is -0.770. The largest absolute Gasteiger partial charge is 0.444 e. The third-order valence-corrected chi connectivity index (χ3v) is 3.47. The van der Waals surface area contributed by atoms with Gasteiger partial charge in [-0.15, -0.1) is 0 Å². The number of alkyl carbamates (subject to hydrolysis) is 1. The van der Waals surface area contributed by atoms with E-state index in [0.717, 1.165) is 19.3 Å². The van der Waals surface area contributed by atoms with E-state index < -0.39 is 5.60 Å². The van der Waals surface area contributed by atoms with Gasteiger partial charge in [0, 0.05) is 12.1 Å². The van der Waals surface area contributed by atoms with Crippen LogP contribution in [0, 0.1) is 5.92 Å². The number of carbonyl (C=O) groups is 1. The summed E-state index contributed by atoms with van der Waals surface area (Å²) in [4.78, 5) is 11.6. The molecule has 0 radical (unpaired) electrons. The lowest BCUT2D eigenvalue weighted by atomic mass is 9.74. The van der Waals surface area contributed by atoms with E-state index in [-0.39, 0.29) is 11.6 Å². The quantitative estimate of drug-likeness (QED) is 0.781. The van der Waals surface area contributed by atoms with E-state index in [9.17, 15) is 4.79 Å². The van der Waals surface area contributed by atoms with Gasteiger partial charge in [0.1, 0.15) is 5.60 Å². The average molecular weight is 242 g/mol. The van der Waals surface area contributed by atoms with Crippen molar-refractivity contribution < 1.29 is 9.53 Å². The van der Waals surface area contributed by atoms with Gasteiger partial charge in [0.15, 0.2) is 0 Å². The van der Waals surface area contributed by atoms with Gasteiger partial charge < -0.3 is 15.8 Å². The van der Waals surface area contributed by atoms with Gasteiger partial charge >= 0.3 is 6.09 Å². The fourth-order valence-electron chi connectivity index (χ4n) is 2.25. The standard InChI is InChI=1S/C13H26N2O2/c1-10-7-5-6-8-13(10,14)9-15-11(16)17-12(2,3)4/h10H,5-9,14H2,1-4H3,(H,15,16)/t10-,13-/m1/s1. The minimum absolute atomic E-state index is 0.269. The second kappa shape index (κ2) is 5.25. The first kappa shape index (κ1) is 14.3. The molecule has 3 N–H and O–H groups in total. The molecule has 100 valence electrons. The maximum absolute atomic E-state index is 11.6. The first-order valence-corrected chi connectivity index (χ1v) is 6.49. The highest BCUT2D eigenvalue weighted by molar-refractivity contribution is 5.67. The van der Waals surface area contributed by atoms with Crippen molar-refractivity contribution in [2.75, 3.05) is 6.54 Å². The number of nitrogens with one attached hydrogen (secondary N) is 1. The van der Waals surface area contributed by atoms with Gasteiger partial charge in [0.2, 0.25) is 0 Å². The van der Waals surface area contributed by atoms with Crippen LogP contribution in [0.25, 0.3) is 0 Å². The van der Waals surface area contributed by atoms with Crippen molar-refractivity contribution in [2.45, 2.75) is 64.5 Å². The Morgan fingerprint density at radius 2 is 2.12 bits per heavy atom. The number of rotatable bonds is 2. The molecule has 1 amide bonds. The van der Waals surface area contributed by atoms with E-state index in [0.29, 0.717) is 12.5 Å². The molecule has 0 spiro atoms. The van der Waals surface area contributed by atoms with E-state index in [1.807, 2.05) is 20.8 Å². The van der Waals surface area contributed by atoms with Crippen LogP contribution in [-0.4, -0.2) is 23.8 Å². The Labute approximate surface area is 104 Å². The van der Waals surface area contributed by atoms with E-state index in [1.165, 1.54) is 6.42 Å². The number of amides is 1. The van der Waals surface area contributed by atoms with Gasteiger partial charge in [-0.25, -0.2) is 4.79 Å².